The lowest BCUT2D eigenvalue weighted by Gasteiger charge is -2.09. The van der Waals surface area contributed by atoms with Gasteiger partial charge in [0.1, 0.15) is 0 Å². The van der Waals surface area contributed by atoms with Gasteiger partial charge in [0, 0.05) is 31.2 Å². The molecule has 1 aliphatic rings. The second kappa shape index (κ2) is 4.25. The van der Waals surface area contributed by atoms with E-state index in [0.717, 1.165) is 29.3 Å². The van der Waals surface area contributed by atoms with Gasteiger partial charge in [-0.1, -0.05) is 30.3 Å². The van der Waals surface area contributed by atoms with Crippen LogP contribution in [0.4, 0.5) is 0 Å². The predicted molar refractivity (Wildman–Crippen MR) is 75.7 cm³/mol. The van der Waals surface area contributed by atoms with Crippen LogP contribution in [0.15, 0.2) is 36.8 Å². The first-order valence-electron chi connectivity index (χ1n) is 6.06. The van der Waals surface area contributed by atoms with Crippen molar-refractivity contribution >= 4 is 22.5 Å². The molecule has 2 N–H and O–H groups in total. The summed E-state index contributed by atoms with van der Waals surface area (Å²) < 4.78 is 0. The fourth-order valence-electron chi connectivity index (χ4n) is 2.56. The van der Waals surface area contributed by atoms with E-state index < -0.39 is 0 Å². The number of aromatic amines is 1. The van der Waals surface area contributed by atoms with E-state index in [2.05, 4.69) is 41.1 Å². The minimum Gasteiger partial charge on any atom is -0.367 e. The smallest absolute Gasteiger partial charge is 0.0939 e. The zero-order valence-electron chi connectivity index (χ0n) is 10.3. The van der Waals surface area contributed by atoms with E-state index in [1.165, 1.54) is 10.9 Å². The first-order valence-corrected chi connectivity index (χ1v) is 6.44. The Morgan fingerprint density at radius 1 is 1.50 bits per heavy atom. The molecule has 0 aliphatic carbocycles. The summed E-state index contributed by atoms with van der Waals surface area (Å²) in [4.78, 5) is 5.40. The van der Waals surface area contributed by atoms with Crippen molar-refractivity contribution in [2.45, 2.75) is 12.5 Å². The summed E-state index contributed by atoms with van der Waals surface area (Å²) in [5.41, 5.74) is 2.33. The molecule has 0 bridgehead atoms. The van der Waals surface area contributed by atoms with E-state index in [-0.39, 0.29) is 0 Å². The van der Waals surface area contributed by atoms with Gasteiger partial charge < -0.3 is 15.2 Å². The highest BCUT2D eigenvalue weighted by molar-refractivity contribution is 6.35. The number of rotatable bonds is 2. The standard InChI is InChI=1S/C14H16ClN3/c1-9-17-11(8-18(9)2)6-10-7-16-14-12(10)4-3-5-13(14)15/h3-5,7,11,16-17H,1,6,8H2,2H3. The number of hydrogen-bond donors (Lipinski definition) is 2. The molecule has 1 saturated heterocycles. The Bertz CT molecular complexity index is 602. The molecule has 18 heavy (non-hydrogen) atoms. The van der Waals surface area contributed by atoms with Gasteiger partial charge in [-0.15, -0.1) is 0 Å². The third-order valence-corrected chi connectivity index (χ3v) is 3.86. The van der Waals surface area contributed by atoms with Crippen LogP contribution in [0.1, 0.15) is 5.56 Å². The zero-order chi connectivity index (χ0) is 12.7. The Hall–Kier alpha value is -1.61. The van der Waals surface area contributed by atoms with E-state index in [9.17, 15) is 0 Å². The fraction of sp³-hybridized carbons (Fsp3) is 0.286. The molecule has 1 aromatic carbocycles. The minimum atomic E-state index is 0.417. The van der Waals surface area contributed by atoms with Crippen molar-refractivity contribution in [3.05, 3.63) is 47.4 Å². The van der Waals surface area contributed by atoms with Crippen LogP contribution >= 0.6 is 11.6 Å². The van der Waals surface area contributed by atoms with Gasteiger partial charge in [-0.3, -0.25) is 0 Å². The molecule has 4 heteroatoms. The average Bonchev–Trinajstić information content (AvgIpc) is 2.86. The molecule has 1 unspecified atom stereocenters. The molecule has 0 spiro atoms. The second-order valence-corrected chi connectivity index (χ2v) is 5.26. The number of fused-ring (bicyclic) bond motifs is 1. The lowest BCUT2D eigenvalue weighted by atomic mass is 10.1. The summed E-state index contributed by atoms with van der Waals surface area (Å²) in [7, 11) is 2.06. The average molecular weight is 262 g/mol. The molecule has 1 fully saturated rings. The molecule has 0 amide bonds. The van der Waals surface area contributed by atoms with Crippen LogP contribution < -0.4 is 5.32 Å². The SMILES string of the molecule is C=C1NC(Cc2c[nH]c3c(Cl)cccc23)CN1C. The maximum Gasteiger partial charge on any atom is 0.0939 e. The molecule has 2 heterocycles. The fourth-order valence-corrected chi connectivity index (χ4v) is 2.79. The van der Waals surface area contributed by atoms with Gasteiger partial charge >= 0.3 is 0 Å². The van der Waals surface area contributed by atoms with Crippen LogP contribution in [-0.4, -0.2) is 29.5 Å². The van der Waals surface area contributed by atoms with E-state index in [1.807, 2.05) is 12.1 Å². The molecule has 94 valence electrons. The molecule has 1 aliphatic heterocycles. The maximum absolute atomic E-state index is 6.16. The van der Waals surface area contributed by atoms with Gasteiger partial charge in [0.25, 0.3) is 0 Å². The Morgan fingerprint density at radius 2 is 2.33 bits per heavy atom. The maximum atomic E-state index is 6.16. The third-order valence-electron chi connectivity index (χ3n) is 3.54. The van der Waals surface area contributed by atoms with Gasteiger partial charge in [-0.05, 0) is 18.1 Å². The third kappa shape index (κ3) is 1.85. The molecule has 2 aromatic rings. The number of aromatic nitrogens is 1. The van der Waals surface area contributed by atoms with Gasteiger partial charge in [0.2, 0.25) is 0 Å². The van der Waals surface area contributed by atoms with E-state index in [1.54, 1.807) is 0 Å². The molecule has 0 saturated carbocycles. The van der Waals surface area contributed by atoms with Crippen molar-refractivity contribution in [1.82, 2.24) is 15.2 Å². The number of nitrogens with one attached hydrogen (secondary N) is 2. The first kappa shape index (κ1) is 11.5. The van der Waals surface area contributed by atoms with Gasteiger partial charge in [0.05, 0.1) is 16.4 Å². The number of likely N-dealkylation sites (N-methyl/N-ethyl adjacent to an activating group) is 1. The topological polar surface area (TPSA) is 31.1 Å². The van der Waals surface area contributed by atoms with Gasteiger partial charge in [0.15, 0.2) is 0 Å². The van der Waals surface area contributed by atoms with E-state index >= 15 is 0 Å². The minimum absolute atomic E-state index is 0.417. The Kier molecular flexibility index (Phi) is 2.71. The van der Waals surface area contributed by atoms with Crippen LogP contribution in [0.25, 0.3) is 10.9 Å². The van der Waals surface area contributed by atoms with Crippen molar-refractivity contribution in [1.29, 1.82) is 0 Å². The molecule has 0 radical (unpaired) electrons. The van der Waals surface area contributed by atoms with Crippen molar-refractivity contribution in [2.75, 3.05) is 13.6 Å². The number of hydrogen-bond acceptors (Lipinski definition) is 2. The molecular weight excluding hydrogens is 246 g/mol. The highest BCUT2D eigenvalue weighted by Crippen LogP contribution is 2.26. The lowest BCUT2D eigenvalue weighted by molar-refractivity contribution is 0.464. The van der Waals surface area contributed by atoms with Crippen molar-refractivity contribution in [3.8, 4) is 0 Å². The van der Waals surface area contributed by atoms with Crippen LogP contribution in [0.5, 0.6) is 0 Å². The summed E-state index contributed by atoms with van der Waals surface area (Å²) in [5, 5.41) is 5.40. The van der Waals surface area contributed by atoms with Crippen molar-refractivity contribution in [3.63, 3.8) is 0 Å². The number of para-hydroxylation sites is 1. The quantitative estimate of drug-likeness (QED) is 0.871. The number of benzene rings is 1. The molecule has 1 atom stereocenters. The molecular formula is C14H16ClN3. The Balaban J connectivity index is 1.88. The van der Waals surface area contributed by atoms with Crippen LogP contribution in [-0.2, 0) is 6.42 Å². The number of halogens is 1. The highest BCUT2D eigenvalue weighted by Gasteiger charge is 2.22. The van der Waals surface area contributed by atoms with Crippen molar-refractivity contribution in [2.24, 2.45) is 0 Å². The summed E-state index contributed by atoms with van der Waals surface area (Å²) in [5.74, 6) is 0.998. The molecule has 3 nitrogen and oxygen atoms in total. The van der Waals surface area contributed by atoms with Gasteiger partial charge in [-0.25, -0.2) is 0 Å². The van der Waals surface area contributed by atoms with Crippen LogP contribution in [0.2, 0.25) is 5.02 Å². The number of nitrogens with zero attached hydrogens (tertiary/aromatic N) is 1. The number of H-pyrrole nitrogens is 1. The molecule has 1 aromatic heterocycles. The summed E-state index contributed by atoms with van der Waals surface area (Å²) in [6.07, 6.45) is 3.03. The normalized spacial score (nSPS) is 19.6. The summed E-state index contributed by atoms with van der Waals surface area (Å²) >= 11 is 6.16. The lowest BCUT2D eigenvalue weighted by Crippen LogP contribution is -2.25. The monoisotopic (exact) mass is 261 g/mol. The van der Waals surface area contributed by atoms with Gasteiger partial charge in [-0.2, -0.15) is 0 Å². The highest BCUT2D eigenvalue weighted by atomic mass is 35.5. The molecule has 3 rings (SSSR count). The summed E-state index contributed by atoms with van der Waals surface area (Å²) in [6, 6.07) is 6.43. The summed E-state index contributed by atoms with van der Waals surface area (Å²) in [6.45, 7) is 4.97. The Labute approximate surface area is 111 Å². The van der Waals surface area contributed by atoms with E-state index in [4.69, 9.17) is 11.6 Å². The van der Waals surface area contributed by atoms with E-state index in [0.29, 0.717) is 6.04 Å². The van der Waals surface area contributed by atoms with Crippen LogP contribution in [0, 0.1) is 0 Å². The second-order valence-electron chi connectivity index (χ2n) is 4.85. The van der Waals surface area contributed by atoms with Crippen LogP contribution in [0.3, 0.4) is 0 Å². The van der Waals surface area contributed by atoms with Crippen molar-refractivity contribution < 1.29 is 0 Å². The zero-order valence-corrected chi connectivity index (χ0v) is 11.1. The Morgan fingerprint density at radius 3 is 3.06 bits per heavy atom. The predicted octanol–water partition coefficient (Wildman–Crippen LogP) is 2.74. The first-order chi connectivity index (χ1) is 8.65. The largest absolute Gasteiger partial charge is 0.367 e.